The zero-order valence-electron chi connectivity index (χ0n) is 12.7. The van der Waals surface area contributed by atoms with Crippen LogP contribution in [0.3, 0.4) is 0 Å². The third kappa shape index (κ3) is 3.95. The summed E-state index contributed by atoms with van der Waals surface area (Å²) >= 11 is 3.28. The number of fused-ring (bicyclic) bond motifs is 1. The van der Waals surface area contributed by atoms with Crippen LogP contribution in [0.1, 0.15) is 16.0 Å². The second kappa shape index (κ2) is 6.67. The fraction of sp³-hybridized carbons (Fsp3) is 0.235. The van der Waals surface area contributed by atoms with Crippen LogP contribution in [-0.2, 0) is 11.2 Å². The van der Waals surface area contributed by atoms with E-state index >= 15 is 0 Å². The van der Waals surface area contributed by atoms with E-state index in [0.29, 0.717) is 24.2 Å². The van der Waals surface area contributed by atoms with Crippen LogP contribution in [-0.4, -0.2) is 18.8 Å². The molecule has 0 bridgehead atoms. The van der Waals surface area contributed by atoms with Crippen LogP contribution >= 0.6 is 15.9 Å². The quantitative estimate of drug-likeness (QED) is 0.532. The first-order chi connectivity index (χ1) is 11.7. The van der Waals surface area contributed by atoms with Gasteiger partial charge in [0.2, 0.25) is 5.91 Å². The molecule has 0 radical (unpaired) electrons. The van der Waals surface area contributed by atoms with Crippen molar-refractivity contribution in [3.63, 3.8) is 0 Å². The van der Waals surface area contributed by atoms with Crippen molar-refractivity contribution in [3.8, 4) is 5.75 Å². The average molecular weight is 418 g/mol. The number of halogens is 5. The van der Waals surface area contributed by atoms with E-state index in [1.54, 1.807) is 0 Å². The number of ether oxygens (including phenoxy) is 1. The Kier molecular flexibility index (Phi) is 4.73. The largest absolute Gasteiger partial charge is 0.573 e. The lowest BCUT2D eigenvalue weighted by Crippen LogP contribution is -2.31. The molecule has 0 saturated carbocycles. The Hall–Kier alpha value is -2.09. The van der Waals surface area contributed by atoms with Crippen LogP contribution < -0.4 is 9.64 Å². The molecular weight excluding hydrogens is 406 g/mol. The third-order valence-corrected chi connectivity index (χ3v) is 4.75. The first-order valence-corrected chi connectivity index (χ1v) is 8.26. The SMILES string of the molecule is O=C([C@H](Br)c1ccc(F)cc1)N1CCc2ccc(OC(F)(F)F)cc21. The number of benzene rings is 2. The average Bonchev–Trinajstić information content (AvgIpc) is 2.96. The molecule has 3 rings (SSSR count). The molecule has 0 aliphatic carbocycles. The van der Waals surface area contributed by atoms with Gasteiger partial charge in [-0.25, -0.2) is 4.39 Å². The van der Waals surface area contributed by atoms with Gasteiger partial charge < -0.3 is 9.64 Å². The van der Waals surface area contributed by atoms with Gasteiger partial charge in [0, 0.05) is 12.6 Å². The van der Waals surface area contributed by atoms with Crippen molar-refractivity contribution >= 4 is 27.5 Å². The fourth-order valence-corrected chi connectivity index (χ4v) is 3.25. The maximum Gasteiger partial charge on any atom is 0.573 e. The summed E-state index contributed by atoms with van der Waals surface area (Å²) in [5.41, 5.74) is 1.71. The summed E-state index contributed by atoms with van der Waals surface area (Å²) in [5.74, 6) is -1.13. The summed E-state index contributed by atoms with van der Waals surface area (Å²) in [4.78, 5) is 13.4. The standard InChI is InChI=1S/C17H12BrF4NO2/c18-15(11-1-4-12(19)5-2-11)16(24)23-8-7-10-3-6-13(9-14(10)23)25-17(20,21)22/h1-6,9,15H,7-8H2/t15-/m1/s1. The number of rotatable bonds is 3. The molecule has 1 atom stereocenters. The van der Waals surface area contributed by atoms with E-state index in [4.69, 9.17) is 0 Å². The number of anilines is 1. The number of hydrogen-bond acceptors (Lipinski definition) is 2. The lowest BCUT2D eigenvalue weighted by molar-refractivity contribution is -0.274. The molecule has 2 aromatic carbocycles. The Bertz CT molecular complexity index is 792. The van der Waals surface area contributed by atoms with E-state index < -0.39 is 17.0 Å². The molecule has 1 aliphatic heterocycles. The van der Waals surface area contributed by atoms with Gasteiger partial charge in [0.25, 0.3) is 0 Å². The summed E-state index contributed by atoms with van der Waals surface area (Å²) in [6.45, 7) is 0.354. The van der Waals surface area contributed by atoms with Crippen LogP contribution in [0.4, 0.5) is 23.2 Å². The van der Waals surface area contributed by atoms with Crippen LogP contribution in [0.15, 0.2) is 42.5 Å². The minimum absolute atomic E-state index is 0.338. The number of nitrogens with zero attached hydrogens (tertiary/aromatic N) is 1. The van der Waals surface area contributed by atoms with Crippen LogP contribution in [0.25, 0.3) is 0 Å². The van der Waals surface area contributed by atoms with E-state index in [1.807, 2.05) is 0 Å². The van der Waals surface area contributed by atoms with Crippen LogP contribution in [0.5, 0.6) is 5.75 Å². The zero-order chi connectivity index (χ0) is 18.2. The van der Waals surface area contributed by atoms with Crippen molar-refractivity contribution in [2.75, 3.05) is 11.4 Å². The lowest BCUT2D eigenvalue weighted by atomic mass is 10.1. The van der Waals surface area contributed by atoms with Crippen molar-refractivity contribution in [3.05, 3.63) is 59.4 Å². The lowest BCUT2D eigenvalue weighted by Gasteiger charge is -2.21. The minimum Gasteiger partial charge on any atom is -0.406 e. The molecule has 25 heavy (non-hydrogen) atoms. The van der Waals surface area contributed by atoms with Gasteiger partial charge in [-0.3, -0.25) is 4.79 Å². The number of hydrogen-bond donors (Lipinski definition) is 0. The summed E-state index contributed by atoms with van der Waals surface area (Å²) in [5, 5.41) is 0. The summed E-state index contributed by atoms with van der Waals surface area (Å²) in [6, 6.07) is 9.39. The van der Waals surface area contributed by atoms with E-state index in [1.165, 1.54) is 47.4 Å². The topological polar surface area (TPSA) is 29.5 Å². The highest BCUT2D eigenvalue weighted by Crippen LogP contribution is 2.37. The van der Waals surface area contributed by atoms with Gasteiger partial charge in [-0.1, -0.05) is 34.1 Å². The number of amides is 1. The third-order valence-electron chi connectivity index (χ3n) is 3.83. The predicted molar refractivity (Wildman–Crippen MR) is 87.3 cm³/mol. The van der Waals surface area contributed by atoms with Crippen molar-refractivity contribution in [2.45, 2.75) is 17.6 Å². The van der Waals surface area contributed by atoms with Crippen LogP contribution in [0.2, 0.25) is 0 Å². The molecule has 0 N–H and O–H groups in total. The van der Waals surface area contributed by atoms with Gasteiger partial charge in [-0.2, -0.15) is 0 Å². The second-order valence-electron chi connectivity index (χ2n) is 5.49. The Morgan fingerprint density at radius 3 is 2.48 bits per heavy atom. The normalized spacial score (nSPS) is 15.0. The van der Waals surface area contributed by atoms with E-state index in [2.05, 4.69) is 20.7 Å². The molecule has 8 heteroatoms. The van der Waals surface area contributed by atoms with Crippen LogP contribution in [0, 0.1) is 5.82 Å². The number of carbonyl (C=O) groups excluding carboxylic acids is 1. The molecule has 1 amide bonds. The highest BCUT2D eigenvalue weighted by atomic mass is 79.9. The van der Waals surface area contributed by atoms with Gasteiger partial charge in [-0.15, -0.1) is 13.2 Å². The van der Waals surface area contributed by atoms with Crippen molar-refractivity contribution < 1.29 is 27.1 Å². The predicted octanol–water partition coefficient (Wildman–Crippen LogP) is 4.75. The molecule has 0 aromatic heterocycles. The number of carbonyl (C=O) groups is 1. The Morgan fingerprint density at radius 1 is 1.16 bits per heavy atom. The summed E-state index contributed by atoms with van der Waals surface area (Å²) in [6.07, 6.45) is -4.26. The Balaban J connectivity index is 1.84. The molecule has 132 valence electrons. The molecule has 0 spiro atoms. The smallest absolute Gasteiger partial charge is 0.406 e. The van der Waals surface area contributed by atoms with E-state index in [0.717, 1.165) is 5.56 Å². The van der Waals surface area contributed by atoms with Crippen molar-refractivity contribution in [1.82, 2.24) is 0 Å². The molecule has 1 heterocycles. The van der Waals surface area contributed by atoms with Gasteiger partial charge in [0.1, 0.15) is 16.4 Å². The van der Waals surface area contributed by atoms with Crippen molar-refractivity contribution in [1.29, 1.82) is 0 Å². The molecule has 0 unspecified atom stereocenters. The maximum atomic E-state index is 13.0. The minimum atomic E-state index is -4.80. The van der Waals surface area contributed by atoms with Gasteiger partial charge in [-0.05, 0) is 35.7 Å². The van der Waals surface area contributed by atoms with E-state index in [-0.39, 0.29) is 11.7 Å². The maximum absolute atomic E-state index is 13.0. The van der Waals surface area contributed by atoms with Gasteiger partial charge in [0.05, 0.1) is 5.69 Å². The molecule has 0 saturated heterocycles. The second-order valence-corrected chi connectivity index (χ2v) is 6.41. The monoisotopic (exact) mass is 417 g/mol. The number of alkyl halides is 4. The van der Waals surface area contributed by atoms with Gasteiger partial charge >= 0.3 is 6.36 Å². The molecule has 2 aromatic rings. The van der Waals surface area contributed by atoms with E-state index in [9.17, 15) is 22.4 Å². The Labute approximate surface area is 149 Å². The van der Waals surface area contributed by atoms with Gasteiger partial charge in [0.15, 0.2) is 0 Å². The molecule has 1 aliphatic rings. The zero-order valence-corrected chi connectivity index (χ0v) is 14.3. The molecule has 3 nitrogen and oxygen atoms in total. The summed E-state index contributed by atoms with van der Waals surface area (Å²) in [7, 11) is 0. The molecule has 0 fully saturated rings. The Morgan fingerprint density at radius 2 is 1.84 bits per heavy atom. The van der Waals surface area contributed by atoms with Crippen molar-refractivity contribution in [2.24, 2.45) is 0 Å². The first kappa shape index (κ1) is 17.7. The highest BCUT2D eigenvalue weighted by Gasteiger charge is 2.33. The summed E-state index contributed by atoms with van der Waals surface area (Å²) < 4.78 is 54.1. The fourth-order valence-electron chi connectivity index (χ4n) is 2.70. The first-order valence-electron chi connectivity index (χ1n) is 7.34. The highest BCUT2D eigenvalue weighted by molar-refractivity contribution is 9.09. The molecular formula is C17H12BrF4NO2.